The maximum Gasteiger partial charge on any atom is 0.123 e. The van der Waals surface area contributed by atoms with Crippen molar-refractivity contribution in [2.45, 2.75) is 12.5 Å². The summed E-state index contributed by atoms with van der Waals surface area (Å²) in [4.78, 5) is 0. The molecule has 0 bridgehead atoms. The van der Waals surface area contributed by atoms with E-state index in [1.807, 2.05) is 6.07 Å². The predicted octanol–water partition coefficient (Wildman–Crippen LogP) is 0.753. The van der Waals surface area contributed by atoms with Crippen molar-refractivity contribution in [3.63, 3.8) is 0 Å². The van der Waals surface area contributed by atoms with Crippen LogP contribution in [0.15, 0.2) is 18.2 Å². The summed E-state index contributed by atoms with van der Waals surface area (Å²) in [6.07, 6.45) is 0.329. The third kappa shape index (κ3) is 2.69. The van der Waals surface area contributed by atoms with Crippen LogP contribution in [0, 0.1) is 11.3 Å². The lowest BCUT2D eigenvalue weighted by Gasteiger charge is -2.14. The van der Waals surface area contributed by atoms with E-state index >= 15 is 0 Å². The number of benzene rings is 1. The molecule has 3 N–H and O–H groups in total. The van der Waals surface area contributed by atoms with Gasteiger partial charge < -0.3 is 15.6 Å². The van der Waals surface area contributed by atoms with Gasteiger partial charge in [-0.2, -0.15) is 5.26 Å². The maximum atomic E-state index is 8.98. The van der Waals surface area contributed by atoms with Crippen molar-refractivity contribution in [2.75, 3.05) is 13.7 Å². The highest BCUT2D eigenvalue weighted by Gasteiger charge is 2.11. The lowest BCUT2D eigenvalue weighted by Crippen LogP contribution is -2.15. The van der Waals surface area contributed by atoms with E-state index in [9.17, 15) is 0 Å². The highest BCUT2D eigenvalue weighted by atomic mass is 16.5. The van der Waals surface area contributed by atoms with Gasteiger partial charge >= 0.3 is 0 Å². The van der Waals surface area contributed by atoms with Crippen LogP contribution in [-0.2, 0) is 6.42 Å². The normalized spacial score (nSPS) is 11.9. The third-order valence-corrected chi connectivity index (χ3v) is 2.17. The highest BCUT2D eigenvalue weighted by molar-refractivity contribution is 5.40. The van der Waals surface area contributed by atoms with Gasteiger partial charge in [0, 0.05) is 5.56 Å². The van der Waals surface area contributed by atoms with Gasteiger partial charge in [0.25, 0.3) is 0 Å². The fourth-order valence-corrected chi connectivity index (χ4v) is 1.37. The van der Waals surface area contributed by atoms with E-state index < -0.39 is 6.04 Å². The molecule has 0 amide bonds. The third-order valence-electron chi connectivity index (χ3n) is 2.17. The topological polar surface area (TPSA) is 79.3 Å². The summed E-state index contributed by atoms with van der Waals surface area (Å²) in [5.41, 5.74) is 7.32. The number of hydrogen-bond acceptors (Lipinski definition) is 4. The van der Waals surface area contributed by atoms with Gasteiger partial charge in [0.2, 0.25) is 0 Å². The zero-order chi connectivity index (χ0) is 11.3. The first kappa shape index (κ1) is 11.5. The molecular weight excluding hydrogens is 192 g/mol. The van der Waals surface area contributed by atoms with Crippen molar-refractivity contribution >= 4 is 0 Å². The molecule has 4 nitrogen and oxygen atoms in total. The van der Waals surface area contributed by atoms with Gasteiger partial charge in [-0.05, 0) is 17.7 Å². The fourth-order valence-electron chi connectivity index (χ4n) is 1.37. The van der Waals surface area contributed by atoms with Gasteiger partial charge in [-0.25, -0.2) is 0 Å². The summed E-state index contributed by atoms with van der Waals surface area (Å²) in [5, 5.41) is 17.6. The molecule has 1 rings (SSSR count). The quantitative estimate of drug-likeness (QED) is 0.762. The van der Waals surface area contributed by atoms with Gasteiger partial charge in [-0.1, -0.05) is 6.07 Å². The number of rotatable bonds is 4. The second kappa shape index (κ2) is 5.35. The Balaban J connectivity index is 3.08. The smallest absolute Gasteiger partial charge is 0.123 e. The zero-order valence-corrected chi connectivity index (χ0v) is 8.60. The molecule has 0 aromatic heterocycles. The second-order valence-electron chi connectivity index (χ2n) is 3.20. The Morgan fingerprint density at radius 3 is 2.87 bits per heavy atom. The fraction of sp³-hybridized carbons (Fsp3) is 0.364. The van der Waals surface area contributed by atoms with E-state index in [0.717, 1.165) is 11.1 Å². The van der Waals surface area contributed by atoms with E-state index in [4.69, 9.17) is 20.8 Å². The minimum absolute atomic E-state index is 0.146. The number of nitrogens with two attached hydrogens (primary N) is 1. The summed E-state index contributed by atoms with van der Waals surface area (Å²) in [5.74, 6) is 0.637. The Labute approximate surface area is 88.9 Å². The molecule has 80 valence electrons. The van der Waals surface area contributed by atoms with Crippen molar-refractivity contribution in [2.24, 2.45) is 5.73 Å². The predicted molar refractivity (Wildman–Crippen MR) is 56.3 cm³/mol. The average molecular weight is 206 g/mol. The van der Waals surface area contributed by atoms with Crippen molar-refractivity contribution in [1.29, 1.82) is 5.26 Å². The Bertz CT molecular complexity index is 371. The number of nitrogens with zero attached hydrogens (tertiary/aromatic N) is 1. The minimum atomic E-state index is -0.474. The largest absolute Gasteiger partial charge is 0.496 e. The first-order chi connectivity index (χ1) is 7.22. The van der Waals surface area contributed by atoms with E-state index in [1.165, 1.54) is 0 Å². The van der Waals surface area contributed by atoms with E-state index in [1.54, 1.807) is 19.2 Å². The number of aliphatic hydroxyl groups excluding tert-OH is 1. The van der Waals surface area contributed by atoms with E-state index in [2.05, 4.69) is 6.07 Å². The van der Waals surface area contributed by atoms with Crippen LogP contribution in [0.25, 0.3) is 0 Å². The average Bonchev–Trinajstić information content (AvgIpc) is 2.28. The lowest BCUT2D eigenvalue weighted by molar-refractivity contribution is 0.264. The standard InChI is InChI=1S/C11H14N2O2/c1-15-11-3-2-8(4-5-12)6-9(11)10(13)7-14/h2-3,6,10,14H,4,7,13H2,1H3/t10-/m0/s1. The molecule has 0 aliphatic heterocycles. The van der Waals surface area contributed by atoms with Crippen LogP contribution >= 0.6 is 0 Å². The molecule has 1 atom stereocenters. The molecule has 1 aromatic carbocycles. The maximum absolute atomic E-state index is 8.98. The first-order valence-electron chi connectivity index (χ1n) is 4.63. The van der Waals surface area contributed by atoms with Gasteiger partial charge in [-0.3, -0.25) is 0 Å². The summed E-state index contributed by atoms with van der Waals surface area (Å²) >= 11 is 0. The van der Waals surface area contributed by atoms with Crippen molar-refractivity contribution in [3.8, 4) is 11.8 Å². The van der Waals surface area contributed by atoms with Crippen LogP contribution in [0.4, 0.5) is 0 Å². The first-order valence-corrected chi connectivity index (χ1v) is 4.63. The van der Waals surface area contributed by atoms with Crippen molar-refractivity contribution in [3.05, 3.63) is 29.3 Å². The molecule has 0 heterocycles. The van der Waals surface area contributed by atoms with Crippen LogP contribution in [-0.4, -0.2) is 18.8 Å². The molecule has 4 heteroatoms. The van der Waals surface area contributed by atoms with Crippen LogP contribution in [0.3, 0.4) is 0 Å². The number of hydrogen-bond donors (Lipinski definition) is 2. The van der Waals surface area contributed by atoms with Gasteiger partial charge in [-0.15, -0.1) is 0 Å². The molecule has 0 saturated heterocycles. The highest BCUT2D eigenvalue weighted by Crippen LogP contribution is 2.24. The van der Waals surface area contributed by atoms with Crippen LogP contribution < -0.4 is 10.5 Å². The molecule has 0 unspecified atom stereocenters. The molecule has 0 aliphatic carbocycles. The van der Waals surface area contributed by atoms with E-state index in [0.29, 0.717) is 12.2 Å². The summed E-state index contributed by atoms with van der Waals surface area (Å²) in [7, 11) is 1.55. The Morgan fingerprint density at radius 1 is 1.60 bits per heavy atom. The molecule has 0 spiro atoms. The number of nitriles is 1. The zero-order valence-electron chi connectivity index (χ0n) is 8.60. The van der Waals surface area contributed by atoms with Crippen molar-refractivity contribution < 1.29 is 9.84 Å². The SMILES string of the molecule is COc1ccc(CC#N)cc1[C@@H](N)CO. The summed E-state index contributed by atoms with van der Waals surface area (Å²) in [6, 6.07) is 6.96. The number of aliphatic hydroxyl groups is 1. The van der Waals surface area contributed by atoms with Crippen LogP contribution in [0.1, 0.15) is 17.2 Å². The second-order valence-corrected chi connectivity index (χ2v) is 3.20. The minimum Gasteiger partial charge on any atom is -0.496 e. The van der Waals surface area contributed by atoms with Gasteiger partial charge in [0.05, 0.1) is 32.2 Å². The van der Waals surface area contributed by atoms with E-state index in [-0.39, 0.29) is 6.61 Å². The van der Waals surface area contributed by atoms with Crippen LogP contribution in [0.2, 0.25) is 0 Å². The Morgan fingerprint density at radius 2 is 2.33 bits per heavy atom. The number of ether oxygens (including phenoxy) is 1. The molecule has 15 heavy (non-hydrogen) atoms. The summed E-state index contributed by atoms with van der Waals surface area (Å²) < 4.78 is 5.13. The molecule has 1 aromatic rings. The van der Waals surface area contributed by atoms with Gasteiger partial charge in [0.15, 0.2) is 0 Å². The Hall–Kier alpha value is -1.57. The molecular formula is C11H14N2O2. The number of methoxy groups -OCH3 is 1. The molecule has 0 fully saturated rings. The van der Waals surface area contributed by atoms with Gasteiger partial charge in [0.1, 0.15) is 5.75 Å². The monoisotopic (exact) mass is 206 g/mol. The molecule has 0 aliphatic rings. The molecule has 0 saturated carbocycles. The van der Waals surface area contributed by atoms with Crippen LogP contribution in [0.5, 0.6) is 5.75 Å². The lowest BCUT2D eigenvalue weighted by atomic mass is 10.0. The Kier molecular flexibility index (Phi) is 4.10. The molecule has 0 radical (unpaired) electrons. The summed E-state index contributed by atoms with van der Waals surface area (Å²) in [6.45, 7) is -0.146. The van der Waals surface area contributed by atoms with Crippen molar-refractivity contribution in [1.82, 2.24) is 0 Å².